The van der Waals surface area contributed by atoms with E-state index in [9.17, 15) is 0 Å². The van der Waals surface area contributed by atoms with Crippen molar-refractivity contribution in [2.45, 2.75) is 19.3 Å². The lowest BCUT2D eigenvalue weighted by Crippen LogP contribution is -2.15. The maximum Gasteiger partial charge on any atom is 0.0165 e. The molecule has 0 amide bonds. The Morgan fingerprint density at radius 2 is 0.627 bits per heavy atom. The lowest BCUT2D eigenvalue weighted by molar-refractivity contribution is 0.666. The molecule has 11 aromatic rings. The second kappa shape index (κ2) is 12.9. The van der Waals surface area contributed by atoms with Crippen molar-refractivity contribution in [3.8, 4) is 55.6 Å². The largest absolute Gasteiger partial charge is 0.0622 e. The summed E-state index contributed by atoms with van der Waals surface area (Å²) >= 11 is 0. The summed E-state index contributed by atoms with van der Waals surface area (Å²) in [6.07, 6.45) is 0. The Balaban J connectivity index is 1.03. The molecule has 0 aromatic heterocycles. The zero-order valence-electron chi connectivity index (χ0n) is 33.1. The van der Waals surface area contributed by atoms with Crippen LogP contribution in [0.5, 0.6) is 0 Å². The minimum absolute atomic E-state index is 0.200. The number of fused-ring (bicyclic) bond motifs is 9. The highest BCUT2D eigenvalue weighted by Gasteiger charge is 2.37. The van der Waals surface area contributed by atoms with Crippen LogP contribution in [0.25, 0.3) is 109 Å². The number of rotatable bonds is 4. The minimum atomic E-state index is -0.200. The van der Waals surface area contributed by atoms with Crippen molar-refractivity contribution in [1.82, 2.24) is 0 Å². The quantitative estimate of drug-likeness (QED) is 0.157. The van der Waals surface area contributed by atoms with E-state index in [1.165, 1.54) is 121 Å². The topological polar surface area (TPSA) is 0 Å². The lowest BCUT2D eigenvalue weighted by atomic mass is 9.78. The number of hydrogen-bond donors (Lipinski definition) is 0. The third kappa shape index (κ3) is 4.96. The van der Waals surface area contributed by atoms with Gasteiger partial charge in [-0.3, -0.25) is 0 Å². The molecule has 0 saturated heterocycles. The molecule has 0 fully saturated rings. The second-order valence-electron chi connectivity index (χ2n) is 16.7. The molecule has 0 heterocycles. The Morgan fingerprint density at radius 1 is 0.271 bits per heavy atom. The predicted molar refractivity (Wildman–Crippen MR) is 253 cm³/mol. The summed E-state index contributed by atoms with van der Waals surface area (Å²) in [5.41, 5.74) is 15.5. The molecule has 1 aliphatic rings. The molecule has 0 nitrogen and oxygen atoms in total. The predicted octanol–water partition coefficient (Wildman–Crippen LogP) is 16.4. The van der Waals surface area contributed by atoms with Crippen molar-refractivity contribution < 1.29 is 0 Å². The van der Waals surface area contributed by atoms with Crippen molar-refractivity contribution in [2.75, 3.05) is 0 Å². The zero-order chi connectivity index (χ0) is 39.2. The Bertz CT molecular complexity index is 3380. The van der Waals surface area contributed by atoms with Crippen molar-refractivity contribution >= 4 is 53.9 Å². The van der Waals surface area contributed by atoms with Crippen LogP contribution in [-0.4, -0.2) is 0 Å². The first-order chi connectivity index (χ1) is 29.1. The summed E-state index contributed by atoms with van der Waals surface area (Å²) in [5.74, 6) is 0. The molecule has 276 valence electrons. The van der Waals surface area contributed by atoms with E-state index in [2.05, 4.69) is 220 Å². The van der Waals surface area contributed by atoms with Gasteiger partial charge in [-0.15, -0.1) is 0 Å². The Hall–Kier alpha value is -7.28. The molecule has 12 rings (SSSR count). The van der Waals surface area contributed by atoms with Gasteiger partial charge in [0.05, 0.1) is 0 Å². The summed E-state index contributed by atoms with van der Waals surface area (Å²) in [5, 5.41) is 12.9. The standard InChI is InChI=1S/C59H40/c1-59(2)53-36-41(57-50-27-15-11-23-46(50)55(38-19-7-4-8-20-38)47-24-12-16-28-51(47)57)31-33-43(53)52-34-29-39-35-40(30-32-42(39)58(52)59)56-48-25-13-9-21-44(48)54(37-17-5-3-6-18-37)45-22-10-14-26-49(45)56/h3-36H,1-2H3. The Morgan fingerprint density at radius 3 is 1.07 bits per heavy atom. The van der Waals surface area contributed by atoms with Gasteiger partial charge < -0.3 is 0 Å². The van der Waals surface area contributed by atoms with Gasteiger partial charge >= 0.3 is 0 Å². The minimum Gasteiger partial charge on any atom is -0.0622 e. The van der Waals surface area contributed by atoms with Gasteiger partial charge in [0, 0.05) is 5.41 Å². The van der Waals surface area contributed by atoms with Crippen molar-refractivity contribution in [3.63, 3.8) is 0 Å². The molecule has 0 unspecified atom stereocenters. The maximum absolute atomic E-state index is 2.50. The van der Waals surface area contributed by atoms with E-state index < -0.39 is 0 Å². The van der Waals surface area contributed by atoms with Gasteiger partial charge in [0.2, 0.25) is 0 Å². The van der Waals surface area contributed by atoms with Gasteiger partial charge in [0.25, 0.3) is 0 Å². The van der Waals surface area contributed by atoms with E-state index in [1.807, 2.05) is 0 Å². The second-order valence-corrected chi connectivity index (χ2v) is 16.7. The van der Waals surface area contributed by atoms with Crippen molar-refractivity contribution in [3.05, 3.63) is 217 Å². The van der Waals surface area contributed by atoms with Crippen LogP contribution in [0.4, 0.5) is 0 Å². The van der Waals surface area contributed by atoms with Gasteiger partial charge in [-0.1, -0.05) is 208 Å². The van der Waals surface area contributed by atoms with Crippen molar-refractivity contribution in [1.29, 1.82) is 0 Å². The molecular formula is C59H40. The smallest absolute Gasteiger partial charge is 0.0165 e. The summed E-state index contributed by atoms with van der Waals surface area (Å²) in [6.45, 7) is 4.85. The van der Waals surface area contributed by atoms with Gasteiger partial charge in [-0.05, 0) is 133 Å². The molecule has 0 heteroatoms. The lowest BCUT2D eigenvalue weighted by Gasteiger charge is -2.24. The first kappa shape index (κ1) is 33.8. The van der Waals surface area contributed by atoms with E-state index in [0.29, 0.717) is 0 Å². The van der Waals surface area contributed by atoms with Crippen LogP contribution in [0.15, 0.2) is 206 Å². The molecule has 11 aromatic carbocycles. The number of benzene rings is 11. The van der Waals surface area contributed by atoms with Crippen LogP contribution < -0.4 is 0 Å². The highest BCUT2D eigenvalue weighted by Crippen LogP contribution is 2.54. The zero-order valence-corrected chi connectivity index (χ0v) is 33.1. The molecule has 0 N–H and O–H groups in total. The highest BCUT2D eigenvalue weighted by atomic mass is 14.4. The van der Waals surface area contributed by atoms with Gasteiger partial charge in [0.1, 0.15) is 0 Å². The van der Waals surface area contributed by atoms with Gasteiger partial charge in [-0.2, -0.15) is 0 Å². The molecular weight excluding hydrogens is 709 g/mol. The van der Waals surface area contributed by atoms with Crippen LogP contribution in [-0.2, 0) is 5.41 Å². The fourth-order valence-corrected chi connectivity index (χ4v) is 10.7. The average Bonchev–Trinajstić information content (AvgIpc) is 3.52. The summed E-state index contributed by atoms with van der Waals surface area (Å²) < 4.78 is 0. The molecule has 0 radical (unpaired) electrons. The first-order valence-corrected chi connectivity index (χ1v) is 20.8. The molecule has 0 bridgehead atoms. The van der Waals surface area contributed by atoms with Crippen LogP contribution in [0.2, 0.25) is 0 Å². The van der Waals surface area contributed by atoms with Crippen molar-refractivity contribution in [2.24, 2.45) is 0 Å². The summed E-state index contributed by atoms with van der Waals surface area (Å²) in [4.78, 5) is 0. The van der Waals surface area contributed by atoms with E-state index in [1.54, 1.807) is 0 Å². The fourth-order valence-electron chi connectivity index (χ4n) is 10.7. The van der Waals surface area contributed by atoms with Crippen LogP contribution in [0.1, 0.15) is 25.0 Å². The normalized spacial score (nSPS) is 13.1. The van der Waals surface area contributed by atoms with E-state index in [-0.39, 0.29) is 5.41 Å². The third-order valence-corrected chi connectivity index (χ3v) is 13.2. The molecule has 0 atom stereocenters. The summed E-state index contributed by atoms with van der Waals surface area (Å²) in [7, 11) is 0. The first-order valence-electron chi connectivity index (χ1n) is 20.8. The van der Waals surface area contributed by atoms with Gasteiger partial charge in [-0.25, -0.2) is 0 Å². The third-order valence-electron chi connectivity index (χ3n) is 13.2. The van der Waals surface area contributed by atoms with Crippen LogP contribution in [0.3, 0.4) is 0 Å². The Labute approximate surface area is 344 Å². The average molecular weight is 749 g/mol. The van der Waals surface area contributed by atoms with Crippen LogP contribution in [0, 0.1) is 0 Å². The van der Waals surface area contributed by atoms with Gasteiger partial charge in [0.15, 0.2) is 0 Å². The SMILES string of the molecule is CC1(C)c2cc(-c3c4ccccc4c(-c4ccccc4)c4ccccc34)ccc2-c2ccc3cc(-c4c5ccccc5c(-c5ccccc5)c5ccccc45)ccc3c21. The number of hydrogen-bond acceptors (Lipinski definition) is 0. The molecule has 1 aliphatic carbocycles. The fraction of sp³-hybridized carbons (Fsp3) is 0.0508. The van der Waals surface area contributed by atoms with Crippen LogP contribution >= 0.6 is 0 Å². The van der Waals surface area contributed by atoms with E-state index in [0.717, 1.165) is 0 Å². The maximum atomic E-state index is 2.50. The highest BCUT2D eigenvalue weighted by molar-refractivity contribution is 6.23. The molecule has 59 heavy (non-hydrogen) atoms. The molecule has 0 aliphatic heterocycles. The summed E-state index contributed by atoms with van der Waals surface area (Å²) in [6, 6.07) is 76.7. The van der Waals surface area contributed by atoms with E-state index in [4.69, 9.17) is 0 Å². The van der Waals surface area contributed by atoms with E-state index >= 15 is 0 Å². The molecule has 0 saturated carbocycles. The monoisotopic (exact) mass is 748 g/mol. The Kier molecular flexibility index (Phi) is 7.38. The molecule has 0 spiro atoms.